The summed E-state index contributed by atoms with van der Waals surface area (Å²) in [5.74, 6) is 0. The number of dihydropyridines is 1. The van der Waals surface area contributed by atoms with E-state index in [2.05, 4.69) is 171 Å². The largest absolute Gasteiger partial charge is 0.379 e. The first-order valence-corrected chi connectivity index (χ1v) is 18.4. The van der Waals surface area contributed by atoms with E-state index in [0.29, 0.717) is 0 Å². The van der Waals surface area contributed by atoms with Crippen molar-refractivity contribution in [3.8, 4) is 33.9 Å². The molecule has 5 heterocycles. The third kappa shape index (κ3) is 4.86. The summed E-state index contributed by atoms with van der Waals surface area (Å²) >= 11 is 0. The molecule has 0 saturated carbocycles. The van der Waals surface area contributed by atoms with Crippen molar-refractivity contribution in [1.82, 2.24) is 24.4 Å². The van der Waals surface area contributed by atoms with Crippen LogP contribution in [0.2, 0.25) is 0 Å². The first-order valence-electron chi connectivity index (χ1n) is 18.4. The molecule has 0 amide bonds. The van der Waals surface area contributed by atoms with E-state index in [-0.39, 0.29) is 6.04 Å². The Kier molecular flexibility index (Phi) is 6.85. The van der Waals surface area contributed by atoms with E-state index in [9.17, 15) is 0 Å². The zero-order chi connectivity index (χ0) is 35.6. The van der Waals surface area contributed by atoms with Crippen molar-refractivity contribution in [2.45, 2.75) is 6.04 Å². The van der Waals surface area contributed by atoms with Crippen LogP contribution in [-0.4, -0.2) is 19.1 Å². The lowest BCUT2D eigenvalue weighted by Gasteiger charge is -2.18. The van der Waals surface area contributed by atoms with Crippen LogP contribution < -0.4 is 5.32 Å². The number of fused-ring (bicyclic) bond motifs is 7. The van der Waals surface area contributed by atoms with Crippen LogP contribution in [0.25, 0.3) is 88.3 Å². The van der Waals surface area contributed by atoms with Crippen molar-refractivity contribution in [3.05, 3.63) is 194 Å². The Hall–Kier alpha value is -7.24. The molecule has 0 saturated heterocycles. The van der Waals surface area contributed by atoms with Gasteiger partial charge in [0.25, 0.3) is 0 Å². The quantitative estimate of drug-likeness (QED) is 0.195. The molecule has 54 heavy (non-hydrogen) atoms. The summed E-state index contributed by atoms with van der Waals surface area (Å²) in [6.45, 7) is 0. The van der Waals surface area contributed by atoms with Crippen LogP contribution in [0.15, 0.2) is 188 Å². The van der Waals surface area contributed by atoms with Crippen molar-refractivity contribution >= 4 is 54.4 Å². The van der Waals surface area contributed by atoms with Crippen molar-refractivity contribution in [2.75, 3.05) is 0 Å². The molecule has 1 aliphatic rings. The van der Waals surface area contributed by atoms with Crippen LogP contribution in [0.1, 0.15) is 11.7 Å². The third-order valence-electron chi connectivity index (χ3n) is 10.8. The van der Waals surface area contributed by atoms with Crippen molar-refractivity contribution in [2.24, 2.45) is 0 Å². The highest BCUT2D eigenvalue weighted by atomic mass is 15.0. The van der Waals surface area contributed by atoms with Crippen LogP contribution in [-0.2, 0) is 0 Å². The maximum absolute atomic E-state index is 5.11. The molecular weight excluding hydrogens is 659 g/mol. The molecule has 254 valence electrons. The first-order chi connectivity index (χ1) is 26.8. The number of hydrogen-bond donors (Lipinski definition) is 1. The van der Waals surface area contributed by atoms with E-state index in [0.717, 1.165) is 33.8 Å². The number of aromatic nitrogens is 4. The number of benzene rings is 6. The van der Waals surface area contributed by atoms with E-state index in [4.69, 9.17) is 4.98 Å². The summed E-state index contributed by atoms with van der Waals surface area (Å²) in [6, 6.07) is 56.9. The first kappa shape index (κ1) is 30.4. The molecule has 0 fully saturated rings. The Bertz CT molecular complexity index is 3150. The predicted molar refractivity (Wildman–Crippen MR) is 223 cm³/mol. The number of rotatable bonds is 5. The minimum atomic E-state index is -0.0424. The molecule has 10 aromatic rings. The number of nitrogens with one attached hydrogen (secondary N) is 1. The molecule has 1 N–H and O–H groups in total. The molecule has 6 aromatic carbocycles. The van der Waals surface area contributed by atoms with Gasteiger partial charge in [-0.15, -0.1) is 0 Å². The van der Waals surface area contributed by atoms with Crippen molar-refractivity contribution in [3.63, 3.8) is 0 Å². The average molecular weight is 692 g/mol. The van der Waals surface area contributed by atoms with Gasteiger partial charge in [0.2, 0.25) is 0 Å². The van der Waals surface area contributed by atoms with Crippen LogP contribution in [0.5, 0.6) is 0 Å². The van der Waals surface area contributed by atoms with Crippen molar-refractivity contribution in [1.29, 1.82) is 0 Å². The standard InChI is InChI=1S/C49H33N5/c1-2-12-33-27-36(22-19-32(33)11-1)53-46-17-5-3-13-38(46)40-28-34(20-23-48(40)53)35-21-24-49-41(29-35)39-14-4-6-18-47(39)54(49)37-30-44(42-15-7-9-25-50-42)52-45(31-37)43-16-8-10-26-51-43/h1-31,42,50H. The van der Waals surface area contributed by atoms with Gasteiger partial charge in [-0.3, -0.25) is 4.98 Å². The third-order valence-corrected chi connectivity index (χ3v) is 10.8. The number of allylic oxidation sites excluding steroid dienone is 2. The molecule has 0 spiro atoms. The second kappa shape index (κ2) is 12.2. The Morgan fingerprint density at radius 1 is 0.463 bits per heavy atom. The van der Waals surface area contributed by atoms with E-state index in [1.54, 1.807) is 0 Å². The van der Waals surface area contributed by atoms with Gasteiger partial charge in [-0.05, 0) is 107 Å². The van der Waals surface area contributed by atoms with Gasteiger partial charge in [-0.1, -0.05) is 97.1 Å². The zero-order valence-corrected chi connectivity index (χ0v) is 29.3. The summed E-state index contributed by atoms with van der Waals surface area (Å²) in [5, 5.41) is 10.9. The number of hydrogen-bond acceptors (Lipinski definition) is 3. The summed E-state index contributed by atoms with van der Waals surface area (Å²) in [5.41, 5.74) is 11.9. The second-order valence-corrected chi connectivity index (χ2v) is 13.9. The zero-order valence-electron chi connectivity index (χ0n) is 29.3. The second-order valence-electron chi connectivity index (χ2n) is 13.9. The maximum Gasteiger partial charge on any atom is 0.0911 e. The van der Waals surface area contributed by atoms with Gasteiger partial charge < -0.3 is 14.5 Å². The highest BCUT2D eigenvalue weighted by Crippen LogP contribution is 2.39. The SMILES string of the molecule is C1=CNC(c2cc(-n3c4ccccc4c4cc(-c5ccc6c(c5)c5ccccc5n6-c5ccc6ccccc6c5)ccc43)cc(-c3ccccn3)n2)C=C1. The van der Waals surface area contributed by atoms with Crippen LogP contribution in [0.4, 0.5) is 0 Å². The number of nitrogens with zero attached hydrogens (tertiary/aromatic N) is 4. The number of para-hydroxylation sites is 2. The monoisotopic (exact) mass is 691 g/mol. The summed E-state index contributed by atoms with van der Waals surface area (Å²) in [4.78, 5) is 9.78. The van der Waals surface area contributed by atoms with E-state index >= 15 is 0 Å². The van der Waals surface area contributed by atoms with Gasteiger partial charge in [-0.2, -0.15) is 0 Å². The average Bonchev–Trinajstić information content (AvgIpc) is 3.76. The van der Waals surface area contributed by atoms with Gasteiger partial charge in [0.15, 0.2) is 0 Å². The van der Waals surface area contributed by atoms with Gasteiger partial charge in [0.05, 0.1) is 50.9 Å². The molecule has 0 radical (unpaired) electrons. The molecule has 1 atom stereocenters. The molecule has 0 aliphatic carbocycles. The molecule has 0 bridgehead atoms. The maximum atomic E-state index is 5.11. The highest BCUT2D eigenvalue weighted by Gasteiger charge is 2.19. The minimum absolute atomic E-state index is 0.0424. The van der Waals surface area contributed by atoms with E-state index in [1.807, 2.05) is 36.7 Å². The van der Waals surface area contributed by atoms with Gasteiger partial charge in [0, 0.05) is 33.4 Å². The molecule has 1 aliphatic heterocycles. The van der Waals surface area contributed by atoms with Crippen LogP contribution in [0.3, 0.4) is 0 Å². The Labute approximate surface area is 311 Å². The van der Waals surface area contributed by atoms with Gasteiger partial charge in [-0.25, -0.2) is 4.98 Å². The lowest BCUT2D eigenvalue weighted by Crippen LogP contribution is -2.17. The normalized spacial score (nSPS) is 14.1. The lowest BCUT2D eigenvalue weighted by molar-refractivity contribution is 0.721. The molecule has 1 unspecified atom stereocenters. The highest BCUT2D eigenvalue weighted by molar-refractivity contribution is 6.13. The van der Waals surface area contributed by atoms with Crippen molar-refractivity contribution < 1.29 is 0 Å². The molecule has 11 rings (SSSR count). The topological polar surface area (TPSA) is 47.7 Å². The predicted octanol–water partition coefficient (Wildman–Crippen LogP) is 11.9. The van der Waals surface area contributed by atoms with Crippen LogP contribution >= 0.6 is 0 Å². The van der Waals surface area contributed by atoms with E-state index in [1.165, 1.54) is 60.2 Å². The fourth-order valence-corrected chi connectivity index (χ4v) is 8.28. The Morgan fingerprint density at radius 3 is 1.80 bits per heavy atom. The lowest BCUT2D eigenvalue weighted by atomic mass is 10.0. The van der Waals surface area contributed by atoms with E-state index < -0.39 is 0 Å². The van der Waals surface area contributed by atoms with Gasteiger partial charge in [0.1, 0.15) is 0 Å². The molecule has 5 nitrogen and oxygen atoms in total. The molecule has 5 heteroatoms. The summed E-state index contributed by atoms with van der Waals surface area (Å²) in [7, 11) is 0. The summed E-state index contributed by atoms with van der Waals surface area (Å²) < 4.78 is 4.77. The van der Waals surface area contributed by atoms with Crippen LogP contribution in [0, 0.1) is 0 Å². The fourth-order valence-electron chi connectivity index (χ4n) is 8.28. The molecule has 4 aromatic heterocycles. The number of pyridine rings is 2. The Morgan fingerprint density at radius 2 is 1.11 bits per heavy atom. The fraction of sp³-hybridized carbons (Fsp3) is 0.0204. The Balaban J connectivity index is 1.08. The molecular formula is C49H33N5. The summed E-state index contributed by atoms with van der Waals surface area (Å²) in [6.07, 6.45) is 10.0. The minimum Gasteiger partial charge on any atom is -0.379 e. The smallest absolute Gasteiger partial charge is 0.0911 e. The van der Waals surface area contributed by atoms with Gasteiger partial charge >= 0.3 is 0 Å².